The van der Waals surface area contributed by atoms with Gasteiger partial charge in [-0.15, -0.1) is 12.4 Å². The lowest BCUT2D eigenvalue weighted by atomic mass is 9.92. The maximum absolute atomic E-state index is 9.35. The number of halogens is 1. The average molecular weight is 228 g/mol. The van der Waals surface area contributed by atoms with Crippen molar-refractivity contribution in [3.05, 3.63) is 29.8 Å². The highest BCUT2D eigenvalue weighted by atomic mass is 35.5. The first-order valence-corrected chi connectivity index (χ1v) is 5.32. The fourth-order valence-corrected chi connectivity index (χ4v) is 2.32. The van der Waals surface area contributed by atoms with Crippen LogP contribution in [-0.2, 0) is 0 Å². The zero-order valence-electron chi connectivity index (χ0n) is 8.73. The van der Waals surface area contributed by atoms with Gasteiger partial charge >= 0.3 is 0 Å². The zero-order chi connectivity index (χ0) is 9.97. The molecular formula is C12H18ClNO. The third kappa shape index (κ3) is 2.86. The predicted molar refractivity (Wildman–Crippen MR) is 64.2 cm³/mol. The van der Waals surface area contributed by atoms with Gasteiger partial charge in [0.2, 0.25) is 0 Å². The van der Waals surface area contributed by atoms with Gasteiger partial charge in [0.1, 0.15) is 5.75 Å². The first-order valence-electron chi connectivity index (χ1n) is 5.32. The summed E-state index contributed by atoms with van der Waals surface area (Å²) in [7, 11) is 0. The molecule has 0 radical (unpaired) electrons. The summed E-state index contributed by atoms with van der Waals surface area (Å²) in [6, 6.07) is 7.43. The van der Waals surface area contributed by atoms with Crippen molar-refractivity contribution in [2.45, 2.75) is 31.7 Å². The largest absolute Gasteiger partial charge is 0.508 e. The van der Waals surface area contributed by atoms with Gasteiger partial charge in [0.15, 0.2) is 0 Å². The maximum Gasteiger partial charge on any atom is 0.115 e. The molecule has 0 spiro atoms. The molecule has 1 saturated carbocycles. The Labute approximate surface area is 96.9 Å². The first-order chi connectivity index (χ1) is 6.77. The molecule has 1 aliphatic carbocycles. The Morgan fingerprint density at radius 3 is 2.53 bits per heavy atom. The molecule has 0 bridgehead atoms. The second kappa shape index (κ2) is 5.38. The Balaban J connectivity index is 0.00000112. The highest BCUT2D eigenvalue weighted by Gasteiger charge is 2.23. The van der Waals surface area contributed by atoms with Crippen molar-refractivity contribution in [1.29, 1.82) is 0 Å². The quantitative estimate of drug-likeness (QED) is 0.816. The summed E-state index contributed by atoms with van der Waals surface area (Å²) < 4.78 is 0. The molecule has 3 heteroatoms. The van der Waals surface area contributed by atoms with E-state index in [9.17, 15) is 5.11 Å². The molecule has 1 aromatic rings. The summed E-state index contributed by atoms with van der Waals surface area (Å²) in [5.74, 6) is 0.924. The molecule has 3 N–H and O–H groups in total. The second-order valence-corrected chi connectivity index (χ2v) is 4.17. The fraction of sp³-hybridized carbons (Fsp3) is 0.500. The fourth-order valence-electron chi connectivity index (χ4n) is 2.32. The van der Waals surface area contributed by atoms with E-state index in [1.165, 1.54) is 25.7 Å². The van der Waals surface area contributed by atoms with Crippen LogP contribution in [0.1, 0.15) is 37.3 Å². The van der Waals surface area contributed by atoms with Crippen LogP contribution >= 0.6 is 12.4 Å². The molecule has 84 valence electrons. The maximum atomic E-state index is 9.35. The number of aromatic hydroxyl groups is 1. The number of phenols is 1. The van der Waals surface area contributed by atoms with Crippen LogP contribution in [0.15, 0.2) is 24.3 Å². The number of benzene rings is 1. The summed E-state index contributed by atoms with van der Waals surface area (Å²) in [5.41, 5.74) is 7.22. The number of phenolic OH excluding ortho intramolecular Hbond substituents is 1. The summed E-state index contributed by atoms with van der Waals surface area (Å²) >= 11 is 0. The van der Waals surface area contributed by atoms with Gasteiger partial charge in [0, 0.05) is 6.04 Å². The molecule has 1 atom stereocenters. The van der Waals surface area contributed by atoms with E-state index < -0.39 is 0 Å². The molecule has 1 aromatic carbocycles. The minimum Gasteiger partial charge on any atom is -0.508 e. The number of hydrogen-bond donors (Lipinski definition) is 2. The van der Waals surface area contributed by atoms with Crippen LogP contribution in [0.25, 0.3) is 0 Å². The van der Waals surface area contributed by atoms with E-state index in [1.807, 2.05) is 12.1 Å². The van der Waals surface area contributed by atoms with Gasteiger partial charge in [-0.2, -0.15) is 0 Å². The Bertz CT molecular complexity index is 310. The SMILES string of the molecule is Cl.N[C@@H](c1cccc(O)c1)C1CCCC1. The molecule has 0 unspecified atom stereocenters. The van der Waals surface area contributed by atoms with E-state index in [4.69, 9.17) is 5.73 Å². The molecule has 0 aliphatic heterocycles. The first kappa shape index (κ1) is 12.3. The lowest BCUT2D eigenvalue weighted by Crippen LogP contribution is -2.18. The van der Waals surface area contributed by atoms with Crippen LogP contribution in [0.5, 0.6) is 5.75 Å². The Morgan fingerprint density at radius 2 is 1.93 bits per heavy atom. The van der Waals surface area contributed by atoms with Crippen LogP contribution in [0.2, 0.25) is 0 Å². The molecule has 2 nitrogen and oxygen atoms in total. The van der Waals surface area contributed by atoms with E-state index in [0.29, 0.717) is 11.7 Å². The van der Waals surface area contributed by atoms with Gasteiger partial charge in [-0.1, -0.05) is 25.0 Å². The summed E-state index contributed by atoms with van der Waals surface area (Å²) in [6.07, 6.45) is 5.07. The van der Waals surface area contributed by atoms with Crippen molar-refractivity contribution in [3.8, 4) is 5.75 Å². The van der Waals surface area contributed by atoms with Crippen molar-refractivity contribution >= 4 is 12.4 Å². The van der Waals surface area contributed by atoms with E-state index in [0.717, 1.165) is 5.56 Å². The van der Waals surface area contributed by atoms with Gasteiger partial charge in [-0.3, -0.25) is 0 Å². The van der Waals surface area contributed by atoms with Gasteiger partial charge in [-0.05, 0) is 36.5 Å². The van der Waals surface area contributed by atoms with Crippen molar-refractivity contribution in [3.63, 3.8) is 0 Å². The van der Waals surface area contributed by atoms with Crippen LogP contribution in [0.4, 0.5) is 0 Å². The number of hydrogen-bond acceptors (Lipinski definition) is 2. The number of rotatable bonds is 2. The van der Waals surface area contributed by atoms with Gasteiger partial charge < -0.3 is 10.8 Å². The smallest absolute Gasteiger partial charge is 0.115 e. The van der Waals surface area contributed by atoms with Crippen LogP contribution < -0.4 is 5.73 Å². The molecular weight excluding hydrogens is 210 g/mol. The highest BCUT2D eigenvalue weighted by molar-refractivity contribution is 5.85. The summed E-state index contributed by atoms with van der Waals surface area (Å²) in [5, 5.41) is 9.35. The lowest BCUT2D eigenvalue weighted by molar-refractivity contribution is 0.438. The Kier molecular flexibility index (Phi) is 4.43. The molecule has 0 heterocycles. The topological polar surface area (TPSA) is 46.2 Å². The highest BCUT2D eigenvalue weighted by Crippen LogP contribution is 2.34. The van der Waals surface area contributed by atoms with Crippen molar-refractivity contribution in [1.82, 2.24) is 0 Å². The van der Waals surface area contributed by atoms with Crippen molar-refractivity contribution in [2.75, 3.05) is 0 Å². The lowest BCUT2D eigenvalue weighted by Gasteiger charge is -2.19. The van der Waals surface area contributed by atoms with Gasteiger partial charge in [0.25, 0.3) is 0 Å². The third-order valence-corrected chi connectivity index (χ3v) is 3.16. The molecule has 1 aliphatic rings. The third-order valence-electron chi connectivity index (χ3n) is 3.16. The molecule has 1 fully saturated rings. The zero-order valence-corrected chi connectivity index (χ0v) is 9.54. The molecule has 2 rings (SSSR count). The number of nitrogens with two attached hydrogens (primary N) is 1. The Morgan fingerprint density at radius 1 is 1.27 bits per heavy atom. The minimum atomic E-state index is 0. The second-order valence-electron chi connectivity index (χ2n) is 4.17. The molecule has 0 aromatic heterocycles. The molecule has 0 saturated heterocycles. The normalized spacial score (nSPS) is 18.5. The standard InChI is InChI=1S/C12H17NO.ClH/c13-12(9-4-1-2-5-9)10-6-3-7-11(14)8-10;/h3,6-9,12,14H,1-2,4-5,13H2;1H/t12-;/m1./s1. The van der Waals surface area contributed by atoms with Crippen molar-refractivity contribution < 1.29 is 5.11 Å². The van der Waals surface area contributed by atoms with Gasteiger partial charge in [-0.25, -0.2) is 0 Å². The van der Waals surface area contributed by atoms with Crippen LogP contribution in [0.3, 0.4) is 0 Å². The summed E-state index contributed by atoms with van der Waals surface area (Å²) in [6.45, 7) is 0. The predicted octanol–water partition coefficient (Wildman–Crippen LogP) is 3.00. The van der Waals surface area contributed by atoms with E-state index in [-0.39, 0.29) is 18.4 Å². The molecule has 15 heavy (non-hydrogen) atoms. The monoisotopic (exact) mass is 227 g/mol. The van der Waals surface area contributed by atoms with Crippen molar-refractivity contribution in [2.24, 2.45) is 11.7 Å². The van der Waals surface area contributed by atoms with Gasteiger partial charge in [0.05, 0.1) is 0 Å². The van der Waals surface area contributed by atoms with E-state index >= 15 is 0 Å². The minimum absolute atomic E-state index is 0. The van der Waals surface area contributed by atoms with Crippen LogP contribution in [0, 0.1) is 5.92 Å². The van der Waals surface area contributed by atoms with Crippen LogP contribution in [-0.4, -0.2) is 5.11 Å². The molecule has 0 amide bonds. The van der Waals surface area contributed by atoms with E-state index in [1.54, 1.807) is 12.1 Å². The average Bonchev–Trinajstić information content (AvgIpc) is 2.69. The summed E-state index contributed by atoms with van der Waals surface area (Å²) in [4.78, 5) is 0. The Hall–Kier alpha value is -0.730. The van der Waals surface area contributed by atoms with E-state index in [2.05, 4.69) is 0 Å².